The van der Waals surface area contributed by atoms with Gasteiger partial charge >= 0.3 is 0 Å². The number of imidazole rings is 1. The van der Waals surface area contributed by atoms with Crippen molar-refractivity contribution < 1.29 is 0 Å². The van der Waals surface area contributed by atoms with Crippen molar-refractivity contribution in [1.82, 2.24) is 9.55 Å². The summed E-state index contributed by atoms with van der Waals surface area (Å²) in [7, 11) is 0. The van der Waals surface area contributed by atoms with Crippen LogP contribution in [0.4, 0.5) is 0 Å². The highest BCUT2D eigenvalue weighted by molar-refractivity contribution is 9.10. The van der Waals surface area contributed by atoms with Gasteiger partial charge in [-0.25, -0.2) is 4.98 Å². The Morgan fingerprint density at radius 3 is 1.94 bits per heavy atom. The highest BCUT2D eigenvalue weighted by Gasteiger charge is 2.19. The number of fused-ring (bicyclic) bond motifs is 6. The molecule has 150 valence electrons. The summed E-state index contributed by atoms with van der Waals surface area (Å²) in [4.78, 5) is 5.19. The first-order valence-electron chi connectivity index (χ1n) is 10.3. The Labute approximate surface area is 193 Å². The fourth-order valence-electron chi connectivity index (χ4n) is 4.43. The molecule has 6 rings (SSSR count). The second-order valence-electron chi connectivity index (χ2n) is 7.72. The van der Waals surface area contributed by atoms with Crippen LogP contribution in [0.15, 0.2) is 102 Å². The van der Waals surface area contributed by atoms with Crippen LogP contribution in [0.25, 0.3) is 49.7 Å². The minimum atomic E-state index is 0.638. The fraction of sp³-hybridized carbons (Fsp3) is 0. The molecule has 0 aliphatic heterocycles. The standard InChI is InChI=1S/C28H16BrN3/c29-20-13-11-19(12-14-20)28-31-26-24-7-3-1-5-22(24)23-6-2-4-8-25(23)27(26)32(28)21-15-9-18(17-30)10-16-21/h1-16H. The van der Waals surface area contributed by atoms with E-state index in [2.05, 4.69) is 87.2 Å². The quantitative estimate of drug-likeness (QED) is 0.242. The third kappa shape index (κ3) is 2.83. The largest absolute Gasteiger partial charge is 0.292 e. The van der Waals surface area contributed by atoms with Crippen LogP contribution in [-0.4, -0.2) is 9.55 Å². The normalized spacial score (nSPS) is 11.2. The van der Waals surface area contributed by atoms with E-state index in [9.17, 15) is 5.26 Å². The minimum Gasteiger partial charge on any atom is -0.292 e. The van der Waals surface area contributed by atoms with Crippen molar-refractivity contribution in [3.05, 3.63) is 107 Å². The van der Waals surface area contributed by atoms with E-state index < -0.39 is 0 Å². The molecule has 0 saturated carbocycles. The summed E-state index contributed by atoms with van der Waals surface area (Å²) in [5, 5.41) is 14.0. The molecule has 0 bridgehead atoms. The van der Waals surface area contributed by atoms with Crippen LogP contribution in [-0.2, 0) is 0 Å². The monoisotopic (exact) mass is 473 g/mol. The third-order valence-electron chi connectivity index (χ3n) is 5.89. The van der Waals surface area contributed by atoms with Gasteiger partial charge in [0.15, 0.2) is 0 Å². The molecule has 0 saturated heterocycles. The Hall–Kier alpha value is -3.94. The van der Waals surface area contributed by atoms with E-state index in [1.165, 1.54) is 10.8 Å². The molecule has 0 aliphatic carbocycles. The van der Waals surface area contributed by atoms with Gasteiger partial charge in [-0.2, -0.15) is 5.26 Å². The maximum Gasteiger partial charge on any atom is 0.145 e. The van der Waals surface area contributed by atoms with Gasteiger partial charge in [0.05, 0.1) is 22.7 Å². The predicted molar refractivity (Wildman–Crippen MR) is 134 cm³/mol. The van der Waals surface area contributed by atoms with Crippen LogP contribution in [0.5, 0.6) is 0 Å². The average Bonchev–Trinajstić information content (AvgIpc) is 3.26. The maximum atomic E-state index is 9.28. The van der Waals surface area contributed by atoms with Crippen molar-refractivity contribution in [2.45, 2.75) is 0 Å². The minimum absolute atomic E-state index is 0.638. The lowest BCUT2D eigenvalue weighted by Gasteiger charge is -2.12. The van der Waals surface area contributed by atoms with Crippen molar-refractivity contribution in [3.8, 4) is 23.1 Å². The highest BCUT2D eigenvalue weighted by atomic mass is 79.9. The maximum absolute atomic E-state index is 9.28. The molecule has 5 aromatic carbocycles. The Bertz CT molecular complexity index is 1670. The second-order valence-corrected chi connectivity index (χ2v) is 8.64. The van der Waals surface area contributed by atoms with Gasteiger partial charge in [-0.1, -0.05) is 76.6 Å². The van der Waals surface area contributed by atoms with Crippen LogP contribution in [0, 0.1) is 11.3 Å². The van der Waals surface area contributed by atoms with Gasteiger partial charge < -0.3 is 0 Å². The summed E-state index contributed by atoms with van der Waals surface area (Å²) in [6.45, 7) is 0. The van der Waals surface area contributed by atoms with Crippen molar-refractivity contribution in [3.63, 3.8) is 0 Å². The Kier molecular flexibility index (Phi) is 4.31. The zero-order valence-electron chi connectivity index (χ0n) is 17.0. The third-order valence-corrected chi connectivity index (χ3v) is 6.42. The summed E-state index contributed by atoms with van der Waals surface area (Å²) in [6, 6.07) is 35.1. The first-order valence-corrected chi connectivity index (χ1v) is 11.1. The van der Waals surface area contributed by atoms with Crippen molar-refractivity contribution in [2.24, 2.45) is 0 Å². The smallest absolute Gasteiger partial charge is 0.145 e. The summed E-state index contributed by atoms with van der Waals surface area (Å²) < 4.78 is 3.24. The number of nitrogens with zero attached hydrogens (tertiary/aromatic N) is 3. The molecule has 0 radical (unpaired) electrons. The van der Waals surface area contributed by atoms with E-state index in [1.54, 1.807) is 0 Å². The number of aromatic nitrogens is 2. The molecule has 32 heavy (non-hydrogen) atoms. The van der Waals surface area contributed by atoms with Crippen molar-refractivity contribution in [1.29, 1.82) is 5.26 Å². The number of halogens is 1. The molecule has 1 aromatic heterocycles. The van der Waals surface area contributed by atoms with Crippen LogP contribution in [0.3, 0.4) is 0 Å². The fourth-order valence-corrected chi connectivity index (χ4v) is 4.70. The van der Waals surface area contributed by atoms with E-state index in [1.807, 2.05) is 36.4 Å². The second kappa shape index (κ2) is 7.33. The molecule has 0 N–H and O–H groups in total. The number of benzene rings is 5. The van der Waals surface area contributed by atoms with Crippen LogP contribution < -0.4 is 0 Å². The van der Waals surface area contributed by atoms with Gasteiger partial charge in [-0.3, -0.25) is 4.57 Å². The topological polar surface area (TPSA) is 41.6 Å². The molecular weight excluding hydrogens is 458 g/mol. The lowest BCUT2D eigenvalue weighted by atomic mass is 10.00. The van der Waals surface area contributed by atoms with E-state index >= 15 is 0 Å². The lowest BCUT2D eigenvalue weighted by Crippen LogP contribution is -1.98. The summed E-state index contributed by atoms with van der Waals surface area (Å²) in [5.74, 6) is 0.874. The number of hydrogen-bond donors (Lipinski definition) is 0. The predicted octanol–water partition coefficient (Wildman–Crippen LogP) is 7.63. The summed E-state index contributed by atoms with van der Waals surface area (Å²) in [5.41, 5.74) is 4.69. The molecule has 3 nitrogen and oxygen atoms in total. The number of rotatable bonds is 2. The van der Waals surface area contributed by atoms with Crippen LogP contribution in [0.2, 0.25) is 0 Å². The molecule has 0 atom stereocenters. The molecule has 0 unspecified atom stereocenters. The molecule has 6 aromatic rings. The van der Waals surface area contributed by atoms with Crippen LogP contribution in [0.1, 0.15) is 5.56 Å². The Morgan fingerprint density at radius 2 is 1.28 bits per heavy atom. The van der Waals surface area contributed by atoms with E-state index in [0.29, 0.717) is 5.56 Å². The first kappa shape index (κ1) is 18.8. The van der Waals surface area contributed by atoms with E-state index in [-0.39, 0.29) is 0 Å². The molecule has 0 aliphatic rings. The van der Waals surface area contributed by atoms with E-state index in [4.69, 9.17) is 4.98 Å². The molecular formula is C28H16BrN3. The average molecular weight is 474 g/mol. The van der Waals surface area contributed by atoms with Gasteiger partial charge in [0.25, 0.3) is 0 Å². The first-order chi connectivity index (χ1) is 15.7. The van der Waals surface area contributed by atoms with Gasteiger partial charge in [-0.15, -0.1) is 0 Å². The number of hydrogen-bond acceptors (Lipinski definition) is 2. The Balaban J connectivity index is 1.83. The number of nitriles is 1. The van der Waals surface area contributed by atoms with Gasteiger partial charge in [0.2, 0.25) is 0 Å². The molecule has 4 heteroatoms. The van der Waals surface area contributed by atoms with Crippen molar-refractivity contribution >= 4 is 48.5 Å². The summed E-state index contributed by atoms with van der Waals surface area (Å²) >= 11 is 3.54. The highest BCUT2D eigenvalue weighted by Crippen LogP contribution is 2.39. The van der Waals surface area contributed by atoms with Gasteiger partial charge in [0.1, 0.15) is 5.82 Å². The molecule has 0 amide bonds. The lowest BCUT2D eigenvalue weighted by molar-refractivity contribution is 1.10. The van der Waals surface area contributed by atoms with Crippen LogP contribution >= 0.6 is 15.9 Å². The van der Waals surface area contributed by atoms with Gasteiger partial charge in [0, 0.05) is 26.5 Å². The summed E-state index contributed by atoms with van der Waals surface area (Å²) in [6.07, 6.45) is 0. The van der Waals surface area contributed by atoms with Gasteiger partial charge in [-0.05, 0) is 47.2 Å². The Morgan fingerprint density at radius 1 is 0.688 bits per heavy atom. The zero-order valence-corrected chi connectivity index (χ0v) is 18.5. The molecule has 0 fully saturated rings. The van der Waals surface area contributed by atoms with Crippen molar-refractivity contribution in [2.75, 3.05) is 0 Å². The zero-order chi connectivity index (χ0) is 21.7. The molecule has 1 heterocycles. The molecule has 0 spiro atoms. The SMILES string of the molecule is N#Cc1ccc(-n2c(-c3ccc(Br)cc3)nc3c4ccccc4c4ccccc4c32)cc1. The van der Waals surface area contributed by atoms with E-state index in [0.717, 1.165) is 43.4 Å².